The zero-order chi connectivity index (χ0) is 15.2. The van der Waals surface area contributed by atoms with Gasteiger partial charge in [-0.3, -0.25) is 9.10 Å². The van der Waals surface area contributed by atoms with Gasteiger partial charge in [0.25, 0.3) is 0 Å². The van der Waals surface area contributed by atoms with Gasteiger partial charge >= 0.3 is 0 Å². The van der Waals surface area contributed by atoms with Gasteiger partial charge in [0, 0.05) is 12.6 Å². The molecule has 0 saturated carbocycles. The number of ether oxygens (including phenoxy) is 1. The molecular weight excluding hydrogens is 280 g/mol. The molecule has 0 unspecified atom stereocenters. The van der Waals surface area contributed by atoms with Crippen molar-refractivity contribution in [1.29, 1.82) is 0 Å². The molecule has 0 radical (unpaired) electrons. The molecule has 7 heteroatoms. The highest BCUT2D eigenvalue weighted by molar-refractivity contribution is 7.92. The van der Waals surface area contributed by atoms with E-state index < -0.39 is 15.9 Å². The number of carbonyl (C=O) groups is 1. The van der Waals surface area contributed by atoms with Crippen molar-refractivity contribution < 1.29 is 17.9 Å². The van der Waals surface area contributed by atoms with Crippen LogP contribution in [0.15, 0.2) is 36.9 Å². The Bertz CT molecular complexity index is 584. The number of sulfonamides is 1. The zero-order valence-corrected chi connectivity index (χ0v) is 12.3. The Morgan fingerprint density at radius 3 is 2.75 bits per heavy atom. The highest BCUT2D eigenvalue weighted by Crippen LogP contribution is 2.22. The Kier molecular flexibility index (Phi) is 5.57. The maximum absolute atomic E-state index is 11.8. The lowest BCUT2D eigenvalue weighted by molar-refractivity contribution is -0.119. The van der Waals surface area contributed by atoms with Crippen molar-refractivity contribution in [1.82, 2.24) is 5.32 Å². The summed E-state index contributed by atoms with van der Waals surface area (Å²) >= 11 is 0. The van der Waals surface area contributed by atoms with Crippen molar-refractivity contribution in [2.45, 2.75) is 0 Å². The Morgan fingerprint density at radius 2 is 2.20 bits per heavy atom. The number of anilines is 1. The second-order valence-corrected chi connectivity index (χ2v) is 5.97. The van der Waals surface area contributed by atoms with Gasteiger partial charge in [-0.2, -0.15) is 0 Å². The van der Waals surface area contributed by atoms with E-state index in [1.807, 2.05) is 0 Å². The molecule has 1 amide bonds. The molecule has 0 spiro atoms. The van der Waals surface area contributed by atoms with Crippen LogP contribution in [0.3, 0.4) is 0 Å². The predicted octanol–water partition coefficient (Wildman–Crippen LogP) is 0.763. The highest BCUT2D eigenvalue weighted by atomic mass is 32.2. The molecule has 1 aromatic rings. The van der Waals surface area contributed by atoms with Crippen LogP contribution in [0.4, 0.5) is 5.69 Å². The van der Waals surface area contributed by atoms with Gasteiger partial charge in [0.2, 0.25) is 15.9 Å². The summed E-state index contributed by atoms with van der Waals surface area (Å²) in [5, 5.41) is 2.54. The number of amides is 1. The molecule has 0 heterocycles. The summed E-state index contributed by atoms with van der Waals surface area (Å²) in [6.45, 7) is 3.47. The van der Waals surface area contributed by atoms with Gasteiger partial charge in [-0.15, -0.1) is 6.58 Å². The smallest absolute Gasteiger partial charge is 0.241 e. The largest absolute Gasteiger partial charge is 0.497 e. The van der Waals surface area contributed by atoms with Gasteiger partial charge in [-0.1, -0.05) is 12.1 Å². The van der Waals surface area contributed by atoms with Crippen molar-refractivity contribution in [2.75, 3.05) is 30.8 Å². The minimum Gasteiger partial charge on any atom is -0.497 e. The quantitative estimate of drug-likeness (QED) is 0.754. The first kappa shape index (κ1) is 16.0. The van der Waals surface area contributed by atoms with Crippen LogP contribution in [0, 0.1) is 0 Å². The van der Waals surface area contributed by atoms with E-state index in [1.165, 1.54) is 13.2 Å². The summed E-state index contributed by atoms with van der Waals surface area (Å²) in [6, 6.07) is 6.52. The summed E-state index contributed by atoms with van der Waals surface area (Å²) in [4.78, 5) is 11.7. The lowest BCUT2D eigenvalue weighted by Crippen LogP contribution is -2.40. The van der Waals surface area contributed by atoms with Gasteiger partial charge < -0.3 is 10.1 Å². The van der Waals surface area contributed by atoms with Crippen LogP contribution in [0.2, 0.25) is 0 Å². The minimum atomic E-state index is -3.57. The first-order valence-electron chi connectivity index (χ1n) is 5.88. The zero-order valence-electron chi connectivity index (χ0n) is 11.5. The standard InChI is InChI=1S/C13H18N2O4S/c1-4-8-14-13(16)10-15(20(3,17)18)11-6-5-7-12(9-11)19-2/h4-7,9H,1,8,10H2,2-3H3,(H,14,16). The van der Waals surface area contributed by atoms with E-state index in [1.54, 1.807) is 24.3 Å². The summed E-state index contributed by atoms with van der Waals surface area (Å²) in [5.74, 6) is 0.112. The molecule has 0 bridgehead atoms. The molecule has 0 aliphatic rings. The first-order valence-corrected chi connectivity index (χ1v) is 7.72. The van der Waals surface area contributed by atoms with Crippen LogP contribution in [-0.4, -0.2) is 40.8 Å². The van der Waals surface area contributed by atoms with Crippen molar-refractivity contribution in [3.63, 3.8) is 0 Å². The molecule has 20 heavy (non-hydrogen) atoms. The van der Waals surface area contributed by atoms with Crippen LogP contribution in [0.25, 0.3) is 0 Å². The lowest BCUT2D eigenvalue weighted by Gasteiger charge is -2.22. The first-order chi connectivity index (χ1) is 9.38. The van der Waals surface area contributed by atoms with E-state index >= 15 is 0 Å². The van der Waals surface area contributed by atoms with Crippen LogP contribution in [-0.2, 0) is 14.8 Å². The Balaban J connectivity index is 3.01. The molecule has 6 nitrogen and oxygen atoms in total. The van der Waals surface area contributed by atoms with Gasteiger partial charge in [0.05, 0.1) is 19.1 Å². The topological polar surface area (TPSA) is 75.7 Å². The normalized spacial score (nSPS) is 10.7. The number of benzene rings is 1. The van der Waals surface area contributed by atoms with Gasteiger partial charge in [-0.05, 0) is 12.1 Å². The maximum atomic E-state index is 11.8. The second-order valence-electron chi connectivity index (χ2n) is 4.06. The number of hydrogen-bond acceptors (Lipinski definition) is 4. The van der Waals surface area contributed by atoms with Crippen LogP contribution in [0.1, 0.15) is 0 Å². The number of carbonyl (C=O) groups excluding carboxylic acids is 1. The van der Waals surface area contributed by atoms with Crippen LogP contribution in [0.5, 0.6) is 5.75 Å². The molecule has 0 saturated heterocycles. The van der Waals surface area contributed by atoms with Crippen LogP contribution < -0.4 is 14.4 Å². The molecule has 110 valence electrons. The SMILES string of the molecule is C=CCNC(=O)CN(c1cccc(OC)c1)S(C)(=O)=O. The fourth-order valence-electron chi connectivity index (χ4n) is 1.54. The molecule has 1 aromatic carbocycles. The molecule has 0 aromatic heterocycles. The third-order valence-electron chi connectivity index (χ3n) is 2.47. The molecule has 0 aliphatic heterocycles. The summed E-state index contributed by atoms with van der Waals surface area (Å²) in [6.07, 6.45) is 2.57. The van der Waals surface area contributed by atoms with Gasteiger partial charge in [0.1, 0.15) is 12.3 Å². The third-order valence-corrected chi connectivity index (χ3v) is 3.61. The van der Waals surface area contributed by atoms with Crippen molar-refractivity contribution in [3.8, 4) is 5.75 Å². The average Bonchev–Trinajstić information content (AvgIpc) is 2.41. The summed E-state index contributed by atoms with van der Waals surface area (Å²) in [5.41, 5.74) is 0.376. The van der Waals surface area contributed by atoms with E-state index in [0.717, 1.165) is 10.6 Å². The predicted molar refractivity (Wildman–Crippen MR) is 78.4 cm³/mol. The van der Waals surface area contributed by atoms with Crippen molar-refractivity contribution >= 4 is 21.6 Å². The van der Waals surface area contributed by atoms with E-state index in [-0.39, 0.29) is 13.1 Å². The minimum absolute atomic E-state index is 0.286. The van der Waals surface area contributed by atoms with E-state index in [0.29, 0.717) is 11.4 Å². The third kappa shape index (κ3) is 4.58. The lowest BCUT2D eigenvalue weighted by atomic mass is 10.3. The fraction of sp³-hybridized carbons (Fsp3) is 0.308. The van der Waals surface area contributed by atoms with Crippen molar-refractivity contribution in [2.24, 2.45) is 0 Å². The number of nitrogens with one attached hydrogen (secondary N) is 1. The highest BCUT2D eigenvalue weighted by Gasteiger charge is 2.20. The monoisotopic (exact) mass is 298 g/mol. The second kappa shape index (κ2) is 6.95. The fourth-order valence-corrected chi connectivity index (χ4v) is 2.39. The Labute approximate surface area is 119 Å². The van der Waals surface area contributed by atoms with Gasteiger partial charge in [-0.25, -0.2) is 8.42 Å². The molecular formula is C13H18N2O4S. The number of methoxy groups -OCH3 is 1. The van der Waals surface area contributed by atoms with Crippen LogP contribution >= 0.6 is 0 Å². The maximum Gasteiger partial charge on any atom is 0.241 e. The van der Waals surface area contributed by atoms with Gasteiger partial charge in [0.15, 0.2) is 0 Å². The number of rotatable bonds is 7. The molecule has 1 rings (SSSR count). The summed E-state index contributed by atoms with van der Waals surface area (Å²) < 4.78 is 29.7. The number of hydrogen-bond donors (Lipinski definition) is 1. The molecule has 0 atom stereocenters. The van der Waals surface area contributed by atoms with E-state index in [2.05, 4.69) is 11.9 Å². The van der Waals surface area contributed by atoms with Crippen molar-refractivity contribution in [3.05, 3.63) is 36.9 Å². The molecule has 0 fully saturated rings. The molecule has 1 N–H and O–H groups in total. The molecule has 0 aliphatic carbocycles. The number of nitrogens with zero attached hydrogens (tertiary/aromatic N) is 1. The Morgan fingerprint density at radius 1 is 1.50 bits per heavy atom. The Hall–Kier alpha value is -2.02. The van der Waals surface area contributed by atoms with E-state index in [9.17, 15) is 13.2 Å². The van der Waals surface area contributed by atoms with E-state index in [4.69, 9.17) is 4.74 Å². The average molecular weight is 298 g/mol. The summed E-state index contributed by atoms with van der Waals surface area (Å²) in [7, 11) is -2.09.